The van der Waals surface area contributed by atoms with E-state index in [0.717, 1.165) is 28.5 Å². The molecule has 0 spiro atoms. The molecule has 0 aliphatic heterocycles. The molecule has 4 heteroatoms. The first-order valence-electron chi connectivity index (χ1n) is 6.68. The number of benzene rings is 2. The molecule has 0 saturated carbocycles. The Balaban J connectivity index is 2.18. The average Bonchev–Trinajstić information content (AvgIpc) is 2.49. The molecule has 2 rings (SSSR count). The van der Waals surface area contributed by atoms with Crippen molar-refractivity contribution < 1.29 is 14.3 Å². The SMILES string of the molecule is COc1ccc(Oc2ccc(N(C)C(C)=O)cc2C)cc1. The second kappa shape index (κ2) is 6.31. The molecule has 0 aromatic heterocycles. The van der Waals surface area contributed by atoms with E-state index in [4.69, 9.17) is 9.47 Å². The van der Waals surface area contributed by atoms with Gasteiger partial charge in [0.1, 0.15) is 17.2 Å². The average molecular weight is 285 g/mol. The zero-order chi connectivity index (χ0) is 15.4. The summed E-state index contributed by atoms with van der Waals surface area (Å²) in [6, 6.07) is 13.1. The highest BCUT2D eigenvalue weighted by molar-refractivity contribution is 5.91. The quantitative estimate of drug-likeness (QED) is 0.858. The number of carbonyl (C=O) groups is 1. The van der Waals surface area contributed by atoms with Gasteiger partial charge in [0.05, 0.1) is 7.11 Å². The largest absolute Gasteiger partial charge is 0.497 e. The van der Waals surface area contributed by atoms with Gasteiger partial charge >= 0.3 is 0 Å². The maximum absolute atomic E-state index is 11.4. The van der Waals surface area contributed by atoms with Crippen LogP contribution in [0.15, 0.2) is 42.5 Å². The molecule has 0 fully saturated rings. The molecule has 0 heterocycles. The first-order valence-corrected chi connectivity index (χ1v) is 6.68. The third-order valence-corrected chi connectivity index (χ3v) is 3.31. The van der Waals surface area contributed by atoms with Crippen LogP contribution in [0.1, 0.15) is 12.5 Å². The van der Waals surface area contributed by atoms with Gasteiger partial charge in [-0.3, -0.25) is 4.79 Å². The molecule has 0 aliphatic carbocycles. The fourth-order valence-electron chi connectivity index (χ4n) is 1.91. The lowest BCUT2D eigenvalue weighted by Gasteiger charge is -2.17. The van der Waals surface area contributed by atoms with Crippen LogP contribution < -0.4 is 14.4 Å². The molecule has 2 aromatic rings. The van der Waals surface area contributed by atoms with Crippen LogP contribution >= 0.6 is 0 Å². The summed E-state index contributed by atoms with van der Waals surface area (Å²) in [6.07, 6.45) is 0. The molecular weight excluding hydrogens is 266 g/mol. The van der Waals surface area contributed by atoms with Gasteiger partial charge in [0.2, 0.25) is 5.91 Å². The van der Waals surface area contributed by atoms with Crippen LogP contribution in [-0.2, 0) is 4.79 Å². The van der Waals surface area contributed by atoms with Gasteiger partial charge < -0.3 is 14.4 Å². The van der Waals surface area contributed by atoms with E-state index in [2.05, 4.69) is 0 Å². The fourth-order valence-corrected chi connectivity index (χ4v) is 1.91. The summed E-state index contributed by atoms with van der Waals surface area (Å²) in [7, 11) is 3.38. The van der Waals surface area contributed by atoms with Gasteiger partial charge in [0, 0.05) is 19.7 Å². The van der Waals surface area contributed by atoms with Crippen LogP contribution in [0, 0.1) is 6.92 Å². The van der Waals surface area contributed by atoms with Crippen LogP contribution in [0.25, 0.3) is 0 Å². The Labute approximate surface area is 124 Å². The van der Waals surface area contributed by atoms with E-state index in [9.17, 15) is 4.79 Å². The van der Waals surface area contributed by atoms with Crippen molar-refractivity contribution in [3.05, 3.63) is 48.0 Å². The van der Waals surface area contributed by atoms with Crippen molar-refractivity contribution in [3.63, 3.8) is 0 Å². The number of nitrogens with zero attached hydrogens (tertiary/aromatic N) is 1. The number of carbonyl (C=O) groups excluding carboxylic acids is 1. The van der Waals surface area contributed by atoms with E-state index >= 15 is 0 Å². The minimum atomic E-state index is -0.00165. The highest BCUT2D eigenvalue weighted by Crippen LogP contribution is 2.29. The topological polar surface area (TPSA) is 38.8 Å². The molecule has 0 radical (unpaired) electrons. The van der Waals surface area contributed by atoms with E-state index in [1.165, 1.54) is 6.92 Å². The van der Waals surface area contributed by atoms with Crippen LogP contribution in [0.3, 0.4) is 0 Å². The fraction of sp³-hybridized carbons (Fsp3) is 0.235. The monoisotopic (exact) mass is 285 g/mol. The third kappa shape index (κ3) is 3.54. The Morgan fingerprint density at radius 1 is 1.05 bits per heavy atom. The molecule has 0 unspecified atom stereocenters. The molecule has 0 atom stereocenters. The van der Waals surface area contributed by atoms with Gasteiger partial charge in [-0.15, -0.1) is 0 Å². The van der Waals surface area contributed by atoms with Crippen molar-refractivity contribution >= 4 is 11.6 Å². The summed E-state index contributed by atoms with van der Waals surface area (Å²) in [5.74, 6) is 2.29. The van der Waals surface area contributed by atoms with Crippen molar-refractivity contribution in [3.8, 4) is 17.2 Å². The number of amides is 1. The normalized spacial score (nSPS) is 10.1. The molecule has 1 amide bonds. The standard InChI is InChI=1S/C17H19NO3/c1-12-11-14(18(3)13(2)19)5-10-17(12)21-16-8-6-15(20-4)7-9-16/h5-11H,1-4H3. The first kappa shape index (κ1) is 14.9. The Kier molecular flexibility index (Phi) is 4.48. The van der Waals surface area contributed by atoms with Crippen molar-refractivity contribution in [2.75, 3.05) is 19.1 Å². The second-order valence-corrected chi connectivity index (χ2v) is 4.81. The zero-order valence-electron chi connectivity index (χ0n) is 12.7. The molecule has 4 nitrogen and oxygen atoms in total. The highest BCUT2D eigenvalue weighted by atomic mass is 16.5. The molecule has 0 N–H and O–H groups in total. The predicted molar refractivity (Wildman–Crippen MR) is 83.3 cm³/mol. The number of ether oxygens (including phenoxy) is 2. The number of methoxy groups -OCH3 is 1. The molecule has 0 bridgehead atoms. The number of anilines is 1. The first-order chi connectivity index (χ1) is 10.0. The van der Waals surface area contributed by atoms with Gasteiger partial charge in [-0.05, 0) is 55.0 Å². The lowest BCUT2D eigenvalue weighted by atomic mass is 10.2. The van der Waals surface area contributed by atoms with Gasteiger partial charge in [0.25, 0.3) is 0 Å². The van der Waals surface area contributed by atoms with Crippen molar-refractivity contribution in [1.29, 1.82) is 0 Å². The maximum atomic E-state index is 11.4. The van der Waals surface area contributed by atoms with Crippen molar-refractivity contribution in [1.82, 2.24) is 0 Å². The van der Waals surface area contributed by atoms with Crippen LogP contribution in [0.4, 0.5) is 5.69 Å². The number of hydrogen-bond donors (Lipinski definition) is 0. The lowest BCUT2D eigenvalue weighted by Crippen LogP contribution is -2.22. The third-order valence-electron chi connectivity index (χ3n) is 3.31. The summed E-state index contributed by atoms with van der Waals surface area (Å²) in [6.45, 7) is 3.49. The summed E-state index contributed by atoms with van der Waals surface area (Å²) >= 11 is 0. The van der Waals surface area contributed by atoms with E-state index in [1.807, 2.05) is 49.4 Å². The number of hydrogen-bond acceptors (Lipinski definition) is 3. The summed E-state index contributed by atoms with van der Waals surface area (Å²) in [5, 5.41) is 0. The molecule has 0 aliphatic rings. The van der Waals surface area contributed by atoms with E-state index in [1.54, 1.807) is 19.1 Å². The van der Waals surface area contributed by atoms with Gasteiger partial charge in [0.15, 0.2) is 0 Å². The van der Waals surface area contributed by atoms with Gasteiger partial charge in [-0.2, -0.15) is 0 Å². The van der Waals surface area contributed by atoms with Gasteiger partial charge in [-0.1, -0.05) is 0 Å². The van der Waals surface area contributed by atoms with Crippen molar-refractivity contribution in [2.24, 2.45) is 0 Å². The minimum absolute atomic E-state index is 0.00165. The van der Waals surface area contributed by atoms with E-state index < -0.39 is 0 Å². The molecular formula is C17H19NO3. The summed E-state index contributed by atoms with van der Waals surface area (Å²) < 4.78 is 11.0. The molecule has 110 valence electrons. The summed E-state index contributed by atoms with van der Waals surface area (Å²) in [4.78, 5) is 13.0. The van der Waals surface area contributed by atoms with E-state index in [0.29, 0.717) is 0 Å². The molecule has 2 aromatic carbocycles. The lowest BCUT2D eigenvalue weighted by molar-refractivity contribution is -0.116. The number of rotatable bonds is 4. The number of aryl methyl sites for hydroxylation is 1. The van der Waals surface area contributed by atoms with Gasteiger partial charge in [-0.25, -0.2) is 0 Å². The van der Waals surface area contributed by atoms with Crippen molar-refractivity contribution in [2.45, 2.75) is 13.8 Å². The summed E-state index contributed by atoms with van der Waals surface area (Å²) in [5.41, 5.74) is 1.82. The Morgan fingerprint density at radius 3 is 2.19 bits per heavy atom. The molecule has 21 heavy (non-hydrogen) atoms. The highest BCUT2D eigenvalue weighted by Gasteiger charge is 2.08. The Hall–Kier alpha value is -2.49. The predicted octanol–water partition coefficient (Wildman–Crippen LogP) is 3.78. The Morgan fingerprint density at radius 2 is 1.67 bits per heavy atom. The van der Waals surface area contributed by atoms with Crippen LogP contribution in [-0.4, -0.2) is 20.1 Å². The van der Waals surface area contributed by atoms with Crippen LogP contribution in [0.2, 0.25) is 0 Å². The second-order valence-electron chi connectivity index (χ2n) is 4.81. The Bertz CT molecular complexity index is 635. The van der Waals surface area contributed by atoms with Crippen LogP contribution in [0.5, 0.6) is 17.2 Å². The molecule has 0 saturated heterocycles. The minimum Gasteiger partial charge on any atom is -0.497 e. The zero-order valence-corrected chi connectivity index (χ0v) is 12.7. The smallest absolute Gasteiger partial charge is 0.223 e. The van der Waals surface area contributed by atoms with E-state index in [-0.39, 0.29) is 5.91 Å². The maximum Gasteiger partial charge on any atom is 0.223 e.